The van der Waals surface area contributed by atoms with Gasteiger partial charge in [-0.05, 0) is 66.8 Å². The maximum Gasteiger partial charge on any atom is 0.241 e. The Morgan fingerprint density at radius 2 is 1.79 bits per heavy atom. The van der Waals surface area contributed by atoms with Gasteiger partial charge in [0.2, 0.25) is 11.8 Å². The highest BCUT2D eigenvalue weighted by Crippen LogP contribution is 2.30. The van der Waals surface area contributed by atoms with Crippen LogP contribution in [0.4, 0.5) is 11.4 Å². The van der Waals surface area contributed by atoms with E-state index in [-0.39, 0.29) is 17.7 Å². The van der Waals surface area contributed by atoms with Crippen LogP contribution in [0.25, 0.3) is 0 Å². The van der Waals surface area contributed by atoms with Crippen molar-refractivity contribution in [3.8, 4) is 0 Å². The first kappa shape index (κ1) is 23.3. The van der Waals surface area contributed by atoms with E-state index in [9.17, 15) is 9.59 Å². The van der Waals surface area contributed by atoms with Crippen molar-refractivity contribution in [2.75, 3.05) is 11.1 Å². The van der Waals surface area contributed by atoms with Crippen molar-refractivity contribution >= 4 is 23.2 Å². The Morgan fingerprint density at radius 3 is 2.52 bits per heavy atom. The van der Waals surface area contributed by atoms with E-state index in [1.165, 1.54) is 32.1 Å². The Bertz CT molecular complexity index is 953. The third-order valence-corrected chi connectivity index (χ3v) is 7.30. The van der Waals surface area contributed by atoms with Crippen molar-refractivity contribution < 1.29 is 9.59 Å². The zero-order chi connectivity index (χ0) is 23.2. The first-order valence-electron chi connectivity index (χ1n) is 12.3. The average Bonchev–Trinajstić information content (AvgIpc) is 2.94. The number of primary amides is 1. The smallest absolute Gasteiger partial charge is 0.241 e. The number of benzene rings is 2. The minimum Gasteiger partial charge on any atom is -0.399 e. The summed E-state index contributed by atoms with van der Waals surface area (Å²) in [6.45, 7) is 0. The van der Waals surface area contributed by atoms with Gasteiger partial charge in [-0.15, -0.1) is 0 Å². The molecule has 1 fully saturated rings. The molecule has 6 nitrogen and oxygen atoms in total. The average molecular weight is 449 g/mol. The number of rotatable bonds is 8. The van der Waals surface area contributed by atoms with Gasteiger partial charge in [0.05, 0.1) is 12.1 Å². The van der Waals surface area contributed by atoms with Crippen molar-refractivity contribution in [3.63, 3.8) is 0 Å². The third kappa shape index (κ3) is 6.14. The van der Waals surface area contributed by atoms with Crippen molar-refractivity contribution in [3.05, 3.63) is 59.7 Å². The topological polar surface area (TPSA) is 110 Å². The highest BCUT2D eigenvalue weighted by molar-refractivity contribution is 5.97. The molecule has 0 saturated heterocycles. The van der Waals surface area contributed by atoms with Crippen molar-refractivity contribution in [1.82, 2.24) is 5.32 Å². The molecule has 2 amide bonds. The summed E-state index contributed by atoms with van der Waals surface area (Å²) >= 11 is 0. The van der Waals surface area contributed by atoms with Crippen LogP contribution in [-0.4, -0.2) is 23.9 Å². The summed E-state index contributed by atoms with van der Waals surface area (Å²) in [5.74, 6) is 0.143. The van der Waals surface area contributed by atoms with Crippen LogP contribution in [-0.2, 0) is 22.4 Å². The van der Waals surface area contributed by atoms with Gasteiger partial charge in [0.1, 0.15) is 0 Å². The number of nitrogens with one attached hydrogen (secondary N) is 2. The molecule has 2 aliphatic rings. The summed E-state index contributed by atoms with van der Waals surface area (Å²) in [6, 6.07) is 14.7. The van der Waals surface area contributed by atoms with E-state index in [1.807, 2.05) is 42.5 Å². The Labute approximate surface area is 196 Å². The lowest BCUT2D eigenvalue weighted by Crippen LogP contribution is -2.54. The molecule has 0 radical (unpaired) electrons. The molecule has 0 aromatic heterocycles. The predicted molar refractivity (Wildman–Crippen MR) is 133 cm³/mol. The number of nitrogen functional groups attached to an aromatic ring is 1. The zero-order valence-corrected chi connectivity index (χ0v) is 19.3. The quantitative estimate of drug-likeness (QED) is 0.461. The molecule has 2 aromatic rings. The summed E-state index contributed by atoms with van der Waals surface area (Å²) in [5, 5.41) is 6.46. The second kappa shape index (κ2) is 10.8. The molecule has 176 valence electrons. The van der Waals surface area contributed by atoms with Crippen molar-refractivity contribution in [2.24, 2.45) is 17.6 Å². The van der Waals surface area contributed by atoms with Gasteiger partial charge >= 0.3 is 0 Å². The monoisotopic (exact) mass is 448 g/mol. The van der Waals surface area contributed by atoms with Crippen LogP contribution in [0, 0.1) is 11.8 Å². The van der Waals surface area contributed by atoms with Gasteiger partial charge in [0.25, 0.3) is 0 Å². The van der Waals surface area contributed by atoms with Crippen LogP contribution < -0.4 is 22.1 Å². The Kier molecular flexibility index (Phi) is 7.65. The van der Waals surface area contributed by atoms with E-state index in [1.54, 1.807) is 0 Å². The lowest BCUT2D eigenvalue weighted by atomic mass is 9.84. The summed E-state index contributed by atoms with van der Waals surface area (Å²) < 4.78 is 0. The number of fused-ring (bicyclic) bond motifs is 1. The summed E-state index contributed by atoms with van der Waals surface area (Å²) in [7, 11) is 0. The van der Waals surface area contributed by atoms with E-state index in [4.69, 9.17) is 11.5 Å². The molecule has 1 saturated carbocycles. The number of hydrogen-bond donors (Lipinski definition) is 4. The minimum atomic E-state index is -0.516. The van der Waals surface area contributed by atoms with Crippen LogP contribution in [0.3, 0.4) is 0 Å². The number of anilines is 2. The number of amides is 2. The molecule has 33 heavy (non-hydrogen) atoms. The number of nitrogens with two attached hydrogens (primary N) is 2. The molecule has 6 heteroatoms. The Balaban J connectivity index is 1.54. The number of carbonyl (C=O) groups is 2. The molecule has 3 atom stereocenters. The fourth-order valence-corrected chi connectivity index (χ4v) is 5.41. The van der Waals surface area contributed by atoms with E-state index < -0.39 is 12.1 Å². The molecule has 2 aromatic carbocycles. The number of carbonyl (C=O) groups excluding carboxylic acids is 2. The van der Waals surface area contributed by atoms with E-state index in [2.05, 4.69) is 16.7 Å². The van der Waals surface area contributed by atoms with Gasteiger partial charge in [-0.25, -0.2) is 0 Å². The second-order valence-electron chi connectivity index (χ2n) is 9.74. The largest absolute Gasteiger partial charge is 0.399 e. The predicted octanol–water partition coefficient (Wildman–Crippen LogP) is 3.79. The molecular weight excluding hydrogens is 412 g/mol. The van der Waals surface area contributed by atoms with Gasteiger partial charge in [-0.2, -0.15) is 0 Å². The normalized spacial score (nSPS) is 22.1. The summed E-state index contributed by atoms with van der Waals surface area (Å²) in [6.07, 6.45) is 9.37. The Hall–Kier alpha value is -2.86. The minimum absolute atomic E-state index is 0.0196. The zero-order valence-electron chi connectivity index (χ0n) is 19.3. The lowest BCUT2D eigenvalue weighted by molar-refractivity contribution is -0.122. The van der Waals surface area contributed by atoms with E-state index in [0.29, 0.717) is 24.4 Å². The molecule has 0 bridgehead atoms. The van der Waals surface area contributed by atoms with Crippen LogP contribution in [0.2, 0.25) is 0 Å². The van der Waals surface area contributed by atoms with Gasteiger partial charge in [-0.3, -0.25) is 14.9 Å². The van der Waals surface area contributed by atoms with Crippen LogP contribution in [0.1, 0.15) is 56.1 Å². The van der Waals surface area contributed by atoms with Crippen molar-refractivity contribution in [1.29, 1.82) is 0 Å². The van der Waals surface area contributed by atoms with Gasteiger partial charge < -0.3 is 16.8 Å². The highest BCUT2D eigenvalue weighted by atomic mass is 16.2. The second-order valence-corrected chi connectivity index (χ2v) is 9.74. The molecule has 1 heterocycles. The lowest BCUT2D eigenvalue weighted by Gasteiger charge is -2.29. The Morgan fingerprint density at radius 1 is 1.06 bits per heavy atom. The maximum absolute atomic E-state index is 13.4. The summed E-state index contributed by atoms with van der Waals surface area (Å²) in [5.41, 5.74) is 15.4. The standard InChI is InChI=1S/C27H36N4O2/c28-22-13-10-19(11-14-22)16-21-17-20-8-4-5-9-23(20)31-27(33)25(21)30-24(26(29)32)15-12-18-6-2-1-3-7-18/h4-5,8-11,13-14,18,21,24-25,30H,1-3,6-7,12,15-17,28H2,(H2,29,32)(H,31,33)/t21?,24-,25-/m0/s1. The van der Waals surface area contributed by atoms with Gasteiger partial charge in [-0.1, -0.05) is 62.4 Å². The fourth-order valence-electron chi connectivity index (χ4n) is 5.41. The van der Waals surface area contributed by atoms with Crippen LogP contribution >= 0.6 is 0 Å². The van der Waals surface area contributed by atoms with Crippen LogP contribution in [0.15, 0.2) is 48.5 Å². The number of hydrogen-bond acceptors (Lipinski definition) is 4. The summed E-state index contributed by atoms with van der Waals surface area (Å²) in [4.78, 5) is 25.7. The molecule has 0 spiro atoms. The molecule has 1 unspecified atom stereocenters. The van der Waals surface area contributed by atoms with Crippen LogP contribution in [0.5, 0.6) is 0 Å². The van der Waals surface area contributed by atoms with Gasteiger partial charge in [0, 0.05) is 11.4 Å². The first-order valence-corrected chi connectivity index (χ1v) is 12.3. The van der Waals surface area contributed by atoms with Crippen molar-refractivity contribution in [2.45, 2.75) is 69.9 Å². The fraction of sp³-hybridized carbons (Fsp3) is 0.481. The first-order chi connectivity index (χ1) is 16.0. The molecule has 6 N–H and O–H groups in total. The molecule has 1 aliphatic heterocycles. The van der Waals surface area contributed by atoms with E-state index >= 15 is 0 Å². The highest BCUT2D eigenvalue weighted by Gasteiger charge is 2.35. The molecule has 1 aliphatic carbocycles. The number of para-hydroxylation sites is 1. The molecular formula is C27H36N4O2. The SMILES string of the molecule is NC(=O)[C@H](CCC1CCCCC1)N[C@@H]1C(=O)Nc2ccccc2CC1Cc1ccc(N)cc1. The maximum atomic E-state index is 13.4. The third-order valence-electron chi connectivity index (χ3n) is 7.30. The van der Waals surface area contributed by atoms with E-state index in [0.717, 1.165) is 29.7 Å². The van der Waals surface area contributed by atoms with Gasteiger partial charge in [0.15, 0.2) is 0 Å². The molecule has 4 rings (SSSR count).